The Balaban J connectivity index is 1.55. The number of guanidine groups is 1. The van der Waals surface area contributed by atoms with Gasteiger partial charge in [0.1, 0.15) is 0 Å². The number of nitrogens with zero attached hydrogens (tertiary/aromatic N) is 2. The van der Waals surface area contributed by atoms with Crippen molar-refractivity contribution in [2.45, 2.75) is 77.2 Å². The van der Waals surface area contributed by atoms with E-state index in [4.69, 9.17) is 4.74 Å². The molecule has 28 heavy (non-hydrogen) atoms. The van der Waals surface area contributed by atoms with Crippen LogP contribution in [-0.2, 0) is 14.3 Å². The topological polar surface area (TPSA) is 83.0 Å². The summed E-state index contributed by atoms with van der Waals surface area (Å²) in [6, 6.07) is 0.279. The van der Waals surface area contributed by atoms with Gasteiger partial charge >= 0.3 is 5.97 Å². The first-order valence-corrected chi connectivity index (χ1v) is 11.1. The van der Waals surface area contributed by atoms with Crippen LogP contribution in [0, 0.1) is 5.92 Å². The van der Waals surface area contributed by atoms with Crippen molar-refractivity contribution >= 4 is 17.8 Å². The predicted molar refractivity (Wildman–Crippen MR) is 111 cm³/mol. The molecule has 7 nitrogen and oxygen atoms in total. The molecule has 0 radical (unpaired) electrons. The smallest absolute Gasteiger partial charge is 0.305 e. The van der Waals surface area contributed by atoms with Crippen molar-refractivity contribution in [2.75, 3.05) is 33.3 Å². The molecule has 0 aromatic carbocycles. The molecule has 160 valence electrons. The quantitative estimate of drug-likeness (QED) is 0.257. The molecule has 1 aliphatic carbocycles. The molecule has 0 aromatic heterocycles. The number of rotatable bonds is 10. The van der Waals surface area contributed by atoms with Crippen LogP contribution in [0.4, 0.5) is 0 Å². The Morgan fingerprint density at radius 2 is 1.86 bits per heavy atom. The Hall–Kier alpha value is -1.79. The van der Waals surface area contributed by atoms with Crippen molar-refractivity contribution in [3.05, 3.63) is 0 Å². The summed E-state index contributed by atoms with van der Waals surface area (Å²) in [7, 11) is 1.78. The molecule has 1 aliphatic heterocycles. The first kappa shape index (κ1) is 22.5. The number of hydrogen-bond donors (Lipinski definition) is 2. The predicted octanol–water partition coefficient (Wildman–Crippen LogP) is 2.46. The van der Waals surface area contributed by atoms with Gasteiger partial charge in [-0.3, -0.25) is 14.6 Å². The molecule has 1 heterocycles. The molecule has 2 rings (SSSR count). The Kier molecular flexibility index (Phi) is 10.1. The van der Waals surface area contributed by atoms with Crippen LogP contribution in [0.15, 0.2) is 4.99 Å². The van der Waals surface area contributed by atoms with Crippen LogP contribution in [0.1, 0.15) is 71.1 Å². The Bertz CT molecular complexity index is 518. The fraction of sp³-hybridized carbons (Fsp3) is 0.857. The average Bonchev–Trinajstić information content (AvgIpc) is 3.38. The average molecular weight is 395 g/mol. The summed E-state index contributed by atoms with van der Waals surface area (Å²) in [5.74, 6) is 1.33. The van der Waals surface area contributed by atoms with Gasteiger partial charge in [-0.25, -0.2) is 0 Å². The van der Waals surface area contributed by atoms with Crippen molar-refractivity contribution in [1.82, 2.24) is 15.5 Å². The van der Waals surface area contributed by atoms with Gasteiger partial charge in [0, 0.05) is 45.1 Å². The number of esters is 1. The van der Waals surface area contributed by atoms with Crippen LogP contribution in [-0.4, -0.2) is 62.1 Å². The highest BCUT2D eigenvalue weighted by molar-refractivity contribution is 5.81. The van der Waals surface area contributed by atoms with Gasteiger partial charge < -0.3 is 20.3 Å². The lowest BCUT2D eigenvalue weighted by Crippen LogP contribution is -2.45. The van der Waals surface area contributed by atoms with E-state index in [1.165, 1.54) is 12.8 Å². The van der Waals surface area contributed by atoms with E-state index in [0.717, 1.165) is 70.5 Å². The Morgan fingerprint density at radius 3 is 2.57 bits per heavy atom. The highest BCUT2D eigenvalue weighted by Gasteiger charge is 2.32. The van der Waals surface area contributed by atoms with Crippen LogP contribution in [0.2, 0.25) is 0 Å². The van der Waals surface area contributed by atoms with Crippen molar-refractivity contribution in [1.29, 1.82) is 0 Å². The van der Waals surface area contributed by atoms with Crippen molar-refractivity contribution < 1.29 is 14.3 Å². The lowest BCUT2D eigenvalue weighted by atomic mass is 10.1. The molecular formula is C21H38N4O3. The zero-order valence-electron chi connectivity index (χ0n) is 17.7. The van der Waals surface area contributed by atoms with E-state index < -0.39 is 0 Å². The molecule has 2 fully saturated rings. The number of nitrogens with one attached hydrogen (secondary N) is 2. The van der Waals surface area contributed by atoms with E-state index in [1.807, 2.05) is 11.8 Å². The maximum absolute atomic E-state index is 12.5. The van der Waals surface area contributed by atoms with E-state index in [0.29, 0.717) is 18.9 Å². The number of amides is 1. The number of carbonyl (C=O) groups excluding carboxylic acids is 2. The van der Waals surface area contributed by atoms with Crippen LogP contribution in [0.3, 0.4) is 0 Å². The van der Waals surface area contributed by atoms with Crippen molar-refractivity contribution in [3.8, 4) is 0 Å². The lowest BCUT2D eigenvalue weighted by Gasteiger charge is -2.21. The molecule has 7 heteroatoms. The summed E-state index contributed by atoms with van der Waals surface area (Å²) in [4.78, 5) is 30.2. The monoisotopic (exact) mass is 394 g/mol. The fourth-order valence-electron chi connectivity index (χ4n) is 4.09. The number of unbranched alkanes of at least 4 members (excludes halogenated alkanes) is 3. The minimum Gasteiger partial charge on any atom is -0.466 e. The third-order valence-corrected chi connectivity index (χ3v) is 5.67. The fourth-order valence-corrected chi connectivity index (χ4v) is 4.09. The zero-order chi connectivity index (χ0) is 20.2. The molecule has 1 saturated carbocycles. The van der Waals surface area contributed by atoms with E-state index in [-0.39, 0.29) is 17.9 Å². The van der Waals surface area contributed by atoms with Gasteiger partial charge in [-0.05, 0) is 39.0 Å². The Morgan fingerprint density at radius 1 is 1.11 bits per heavy atom. The third-order valence-electron chi connectivity index (χ3n) is 5.67. The van der Waals surface area contributed by atoms with Crippen LogP contribution >= 0.6 is 0 Å². The van der Waals surface area contributed by atoms with Gasteiger partial charge in [0.25, 0.3) is 0 Å². The molecule has 2 aliphatic rings. The maximum Gasteiger partial charge on any atom is 0.305 e. The molecule has 1 amide bonds. The summed E-state index contributed by atoms with van der Waals surface area (Å²) < 4.78 is 4.93. The molecule has 1 atom stereocenters. The van der Waals surface area contributed by atoms with Crippen LogP contribution in [0.25, 0.3) is 0 Å². The van der Waals surface area contributed by atoms with E-state index in [2.05, 4.69) is 15.6 Å². The second kappa shape index (κ2) is 12.6. The van der Waals surface area contributed by atoms with Gasteiger partial charge in [-0.15, -0.1) is 0 Å². The van der Waals surface area contributed by atoms with Gasteiger partial charge in [0.15, 0.2) is 5.96 Å². The van der Waals surface area contributed by atoms with Gasteiger partial charge in [0.05, 0.1) is 6.61 Å². The minimum absolute atomic E-state index is 0.0951. The van der Waals surface area contributed by atoms with E-state index >= 15 is 0 Å². The number of aliphatic imine (C=N–C) groups is 1. The minimum atomic E-state index is -0.0951. The van der Waals surface area contributed by atoms with E-state index in [1.54, 1.807) is 7.05 Å². The van der Waals surface area contributed by atoms with Crippen LogP contribution in [0.5, 0.6) is 0 Å². The normalized spacial score (nSPS) is 20.4. The number of carbonyl (C=O) groups is 2. The summed E-state index contributed by atoms with van der Waals surface area (Å²) in [5, 5.41) is 6.82. The first-order valence-electron chi connectivity index (χ1n) is 11.1. The van der Waals surface area contributed by atoms with E-state index in [9.17, 15) is 9.59 Å². The molecule has 0 spiro atoms. The molecular weight excluding hydrogens is 356 g/mol. The van der Waals surface area contributed by atoms with Gasteiger partial charge in [-0.2, -0.15) is 0 Å². The Labute approximate surface area is 169 Å². The van der Waals surface area contributed by atoms with Crippen molar-refractivity contribution in [3.63, 3.8) is 0 Å². The zero-order valence-corrected chi connectivity index (χ0v) is 17.7. The molecule has 1 saturated heterocycles. The standard InChI is InChI=1S/C21H38N4O3/c1-3-28-19(26)12-6-4-5-9-14-23-21(22-2)24-18-13-15-25(16-18)20(27)17-10-7-8-11-17/h17-18H,3-16H2,1-2H3,(H2,22,23,24). The molecule has 2 N–H and O–H groups in total. The van der Waals surface area contributed by atoms with Gasteiger partial charge in [0.2, 0.25) is 5.91 Å². The second-order valence-electron chi connectivity index (χ2n) is 7.86. The number of likely N-dealkylation sites (tertiary alicyclic amines) is 1. The molecule has 1 unspecified atom stereocenters. The summed E-state index contributed by atoms with van der Waals surface area (Å²) in [5.41, 5.74) is 0. The lowest BCUT2D eigenvalue weighted by molar-refractivity contribution is -0.143. The number of hydrogen-bond acceptors (Lipinski definition) is 4. The third kappa shape index (κ3) is 7.68. The second-order valence-corrected chi connectivity index (χ2v) is 7.86. The van der Waals surface area contributed by atoms with Crippen LogP contribution < -0.4 is 10.6 Å². The summed E-state index contributed by atoms with van der Waals surface area (Å²) in [6.07, 6.45) is 10.1. The highest BCUT2D eigenvalue weighted by Crippen LogP contribution is 2.27. The number of ether oxygens (including phenoxy) is 1. The van der Waals surface area contributed by atoms with Gasteiger partial charge in [-0.1, -0.05) is 25.7 Å². The summed E-state index contributed by atoms with van der Waals surface area (Å²) >= 11 is 0. The molecule has 0 bridgehead atoms. The maximum atomic E-state index is 12.5. The van der Waals surface area contributed by atoms with Crippen molar-refractivity contribution in [2.24, 2.45) is 10.9 Å². The first-order chi connectivity index (χ1) is 13.6. The highest BCUT2D eigenvalue weighted by atomic mass is 16.5. The molecule has 0 aromatic rings. The summed E-state index contributed by atoms with van der Waals surface area (Å²) in [6.45, 7) is 4.79. The largest absolute Gasteiger partial charge is 0.466 e. The SMILES string of the molecule is CCOC(=O)CCCCCCNC(=NC)NC1CCN(C(=O)C2CCCC2)C1.